The van der Waals surface area contributed by atoms with Gasteiger partial charge in [0.25, 0.3) is 0 Å². The van der Waals surface area contributed by atoms with Gasteiger partial charge in [0.2, 0.25) is 5.91 Å². The Labute approximate surface area is 158 Å². The lowest BCUT2D eigenvalue weighted by Crippen LogP contribution is -2.42. The van der Waals surface area contributed by atoms with Gasteiger partial charge in [0, 0.05) is 10.9 Å². The van der Waals surface area contributed by atoms with Crippen LogP contribution in [0.2, 0.25) is 0 Å². The molecule has 6 nitrogen and oxygen atoms in total. The zero-order chi connectivity index (χ0) is 19.1. The summed E-state index contributed by atoms with van der Waals surface area (Å²) in [5.41, 5.74) is 1.62. The summed E-state index contributed by atoms with van der Waals surface area (Å²) in [5.74, 6) is 1.39. The monoisotopic (exact) mass is 378 g/mol. The van der Waals surface area contributed by atoms with Gasteiger partial charge in [0.05, 0.1) is 39.0 Å². The number of thiazole rings is 1. The zero-order valence-corrected chi connectivity index (χ0v) is 16.4. The van der Waals surface area contributed by atoms with Gasteiger partial charge in [-0.25, -0.2) is 4.98 Å². The van der Waals surface area contributed by atoms with E-state index in [0.717, 1.165) is 17.0 Å². The Kier molecular flexibility index (Phi) is 7.41. The fourth-order valence-electron chi connectivity index (χ4n) is 2.56. The Morgan fingerprint density at radius 1 is 1.31 bits per heavy atom. The number of carbonyl (C=O) groups excluding carboxylic acids is 1. The largest absolute Gasteiger partial charge is 0.493 e. The lowest BCUT2D eigenvalue weighted by Gasteiger charge is -2.21. The third-order valence-corrected chi connectivity index (χ3v) is 5.34. The van der Waals surface area contributed by atoms with Gasteiger partial charge in [-0.2, -0.15) is 0 Å². The summed E-state index contributed by atoms with van der Waals surface area (Å²) in [4.78, 5) is 16.8. The van der Waals surface area contributed by atoms with E-state index >= 15 is 0 Å². The van der Waals surface area contributed by atoms with Crippen molar-refractivity contribution < 1.29 is 19.4 Å². The van der Waals surface area contributed by atoms with Gasteiger partial charge in [0.15, 0.2) is 11.5 Å². The van der Waals surface area contributed by atoms with Gasteiger partial charge >= 0.3 is 0 Å². The van der Waals surface area contributed by atoms with E-state index in [0.29, 0.717) is 17.2 Å². The molecule has 0 aliphatic rings. The molecule has 2 aromatic rings. The fourth-order valence-corrected chi connectivity index (χ4v) is 3.38. The molecule has 0 aliphatic heterocycles. The van der Waals surface area contributed by atoms with Gasteiger partial charge in [0.1, 0.15) is 5.01 Å². The molecule has 0 fully saturated rings. The van der Waals surface area contributed by atoms with Crippen LogP contribution in [0.3, 0.4) is 0 Å². The Bertz CT molecular complexity index is 732. The van der Waals surface area contributed by atoms with Crippen molar-refractivity contribution in [2.45, 2.75) is 32.7 Å². The highest BCUT2D eigenvalue weighted by Gasteiger charge is 2.18. The van der Waals surface area contributed by atoms with Crippen LogP contribution in [0, 0.1) is 5.92 Å². The summed E-state index contributed by atoms with van der Waals surface area (Å²) in [5, 5.41) is 15.0. The normalized spacial score (nSPS) is 13.1. The molecule has 0 bridgehead atoms. The number of amides is 1. The van der Waals surface area contributed by atoms with E-state index in [-0.39, 0.29) is 30.9 Å². The van der Waals surface area contributed by atoms with Gasteiger partial charge in [-0.05, 0) is 24.1 Å². The van der Waals surface area contributed by atoms with E-state index in [1.807, 2.05) is 37.4 Å². The van der Waals surface area contributed by atoms with E-state index in [4.69, 9.17) is 9.47 Å². The predicted molar refractivity (Wildman–Crippen MR) is 103 cm³/mol. The number of aliphatic hydroxyl groups excluding tert-OH is 1. The van der Waals surface area contributed by atoms with Crippen LogP contribution in [-0.4, -0.2) is 42.9 Å². The highest BCUT2D eigenvalue weighted by Crippen LogP contribution is 2.33. The van der Waals surface area contributed by atoms with Crippen LogP contribution in [0.5, 0.6) is 11.5 Å². The molecule has 1 heterocycles. The molecule has 1 amide bonds. The van der Waals surface area contributed by atoms with Crippen LogP contribution in [0.25, 0.3) is 10.6 Å². The van der Waals surface area contributed by atoms with Gasteiger partial charge < -0.3 is 19.9 Å². The van der Waals surface area contributed by atoms with E-state index < -0.39 is 0 Å². The maximum absolute atomic E-state index is 12.2. The molecule has 0 spiro atoms. The number of nitrogens with zero attached hydrogens (tertiary/aromatic N) is 1. The Morgan fingerprint density at radius 3 is 2.65 bits per heavy atom. The molecular formula is C19H26N2O4S. The van der Waals surface area contributed by atoms with E-state index in [9.17, 15) is 9.90 Å². The Morgan fingerprint density at radius 2 is 2.04 bits per heavy atom. The minimum absolute atomic E-state index is 0.0608. The average molecular weight is 378 g/mol. The third kappa shape index (κ3) is 4.95. The second kappa shape index (κ2) is 9.54. The number of rotatable bonds is 9. The van der Waals surface area contributed by atoms with Crippen molar-refractivity contribution in [2.75, 3.05) is 20.8 Å². The SMILES string of the molecule is CC[C@H](C)[C@H](CO)NC(=O)Cc1csc(-c2ccc(OC)c(OC)c2)n1. The molecule has 0 unspecified atom stereocenters. The van der Waals surface area contributed by atoms with Crippen LogP contribution in [0.4, 0.5) is 0 Å². The number of ether oxygens (including phenoxy) is 2. The summed E-state index contributed by atoms with van der Waals surface area (Å²) in [7, 11) is 3.19. The predicted octanol–water partition coefficient (Wildman–Crippen LogP) is 2.89. The molecule has 1 aromatic heterocycles. The summed E-state index contributed by atoms with van der Waals surface area (Å²) < 4.78 is 10.6. The Hall–Kier alpha value is -2.12. The number of hydrogen-bond donors (Lipinski definition) is 2. The molecule has 2 rings (SSSR count). The van der Waals surface area contributed by atoms with Crippen molar-refractivity contribution in [1.29, 1.82) is 0 Å². The first kappa shape index (κ1) is 20.2. The first-order valence-electron chi connectivity index (χ1n) is 8.59. The summed E-state index contributed by atoms with van der Waals surface area (Å²) in [6, 6.07) is 5.39. The molecule has 7 heteroatoms. The number of nitrogens with one attached hydrogen (secondary N) is 1. The second-order valence-electron chi connectivity index (χ2n) is 6.13. The zero-order valence-electron chi connectivity index (χ0n) is 15.6. The van der Waals surface area contributed by atoms with Crippen LogP contribution in [-0.2, 0) is 11.2 Å². The molecule has 2 N–H and O–H groups in total. The van der Waals surface area contributed by atoms with Crippen molar-refractivity contribution in [3.05, 3.63) is 29.3 Å². The molecule has 0 saturated carbocycles. The maximum atomic E-state index is 12.2. The Balaban J connectivity index is 2.07. The van der Waals surface area contributed by atoms with Crippen LogP contribution >= 0.6 is 11.3 Å². The lowest BCUT2D eigenvalue weighted by atomic mass is 10.00. The number of aromatic nitrogens is 1. The average Bonchev–Trinajstić information content (AvgIpc) is 3.13. The molecule has 1 aromatic carbocycles. The lowest BCUT2D eigenvalue weighted by molar-refractivity contribution is -0.121. The molecule has 0 saturated heterocycles. The molecule has 0 aliphatic carbocycles. The van der Waals surface area contributed by atoms with Gasteiger partial charge in [-0.1, -0.05) is 20.3 Å². The molecule has 26 heavy (non-hydrogen) atoms. The summed E-state index contributed by atoms with van der Waals surface area (Å²) in [6.45, 7) is 3.99. The fraction of sp³-hybridized carbons (Fsp3) is 0.474. The number of aliphatic hydroxyl groups is 1. The molecular weight excluding hydrogens is 352 g/mol. The maximum Gasteiger partial charge on any atom is 0.226 e. The van der Waals surface area contributed by atoms with Gasteiger partial charge in [-0.15, -0.1) is 11.3 Å². The summed E-state index contributed by atoms with van der Waals surface area (Å²) in [6.07, 6.45) is 1.09. The smallest absolute Gasteiger partial charge is 0.226 e. The first-order valence-corrected chi connectivity index (χ1v) is 9.47. The van der Waals surface area contributed by atoms with Gasteiger partial charge in [-0.3, -0.25) is 4.79 Å². The van der Waals surface area contributed by atoms with Crippen molar-refractivity contribution in [2.24, 2.45) is 5.92 Å². The number of benzene rings is 1. The van der Waals surface area contributed by atoms with Crippen molar-refractivity contribution in [1.82, 2.24) is 10.3 Å². The molecule has 142 valence electrons. The van der Waals surface area contributed by atoms with Crippen molar-refractivity contribution in [3.63, 3.8) is 0 Å². The topological polar surface area (TPSA) is 80.7 Å². The highest BCUT2D eigenvalue weighted by atomic mass is 32.1. The standard InChI is InChI=1S/C19H26N2O4S/c1-5-12(2)15(10-22)21-18(23)9-14-11-26-19(20-14)13-6-7-16(24-3)17(8-13)25-4/h6-8,11-12,15,22H,5,9-10H2,1-4H3,(H,21,23)/t12-,15-/m0/s1. The quantitative estimate of drug-likeness (QED) is 0.701. The highest BCUT2D eigenvalue weighted by molar-refractivity contribution is 7.13. The first-order chi connectivity index (χ1) is 12.5. The third-order valence-electron chi connectivity index (χ3n) is 4.40. The van der Waals surface area contributed by atoms with Crippen molar-refractivity contribution >= 4 is 17.2 Å². The van der Waals surface area contributed by atoms with Crippen molar-refractivity contribution in [3.8, 4) is 22.1 Å². The van der Waals surface area contributed by atoms with E-state index in [2.05, 4.69) is 10.3 Å². The molecule has 2 atom stereocenters. The van der Waals surface area contributed by atoms with Crippen LogP contribution < -0.4 is 14.8 Å². The van der Waals surface area contributed by atoms with E-state index in [1.165, 1.54) is 11.3 Å². The second-order valence-corrected chi connectivity index (χ2v) is 6.99. The minimum atomic E-state index is -0.226. The van der Waals surface area contributed by atoms with Crippen LogP contribution in [0.1, 0.15) is 26.0 Å². The van der Waals surface area contributed by atoms with Crippen LogP contribution in [0.15, 0.2) is 23.6 Å². The minimum Gasteiger partial charge on any atom is -0.493 e. The number of methoxy groups -OCH3 is 2. The van der Waals surface area contributed by atoms with E-state index in [1.54, 1.807) is 14.2 Å². The number of hydrogen-bond acceptors (Lipinski definition) is 6. The molecule has 0 radical (unpaired) electrons. The summed E-state index contributed by atoms with van der Waals surface area (Å²) >= 11 is 1.48. The number of carbonyl (C=O) groups is 1.